The SMILES string of the molecule is O=C(OCCCCc1cccc(N(C(=O)c2ccccc2)C2CCCCC2)c1)c1ccccc1. The standard InChI is InChI=1S/C30H33NO3/c32-29(25-15-4-1-5-16-25)31(27-19-8-3-9-20-27)28-21-12-14-24(23-28)13-10-11-22-34-30(33)26-17-6-2-7-18-26/h1-2,4-7,12,14-18,21,23,27H,3,8-11,13,19-20,22H2. The predicted octanol–water partition coefficient (Wildman–Crippen LogP) is 6.85. The zero-order valence-electron chi connectivity index (χ0n) is 19.7. The van der Waals surface area contributed by atoms with Gasteiger partial charge < -0.3 is 9.64 Å². The van der Waals surface area contributed by atoms with Gasteiger partial charge in [-0.15, -0.1) is 0 Å². The number of hydrogen-bond acceptors (Lipinski definition) is 3. The molecule has 0 atom stereocenters. The Kier molecular flexibility index (Phi) is 8.50. The molecule has 1 saturated carbocycles. The molecule has 0 spiro atoms. The Labute approximate surface area is 202 Å². The van der Waals surface area contributed by atoms with Gasteiger partial charge in [0.25, 0.3) is 5.91 Å². The second-order valence-electron chi connectivity index (χ2n) is 8.96. The molecule has 1 amide bonds. The number of esters is 1. The third-order valence-corrected chi connectivity index (χ3v) is 6.47. The second kappa shape index (κ2) is 12.2. The molecule has 176 valence electrons. The number of carbonyl (C=O) groups is 2. The number of ether oxygens (including phenoxy) is 1. The van der Waals surface area contributed by atoms with Crippen LogP contribution >= 0.6 is 0 Å². The molecule has 1 aliphatic rings. The number of hydrogen-bond donors (Lipinski definition) is 0. The molecule has 4 heteroatoms. The van der Waals surface area contributed by atoms with Gasteiger partial charge in [-0.2, -0.15) is 0 Å². The summed E-state index contributed by atoms with van der Waals surface area (Å²) in [6, 6.07) is 27.3. The van der Waals surface area contributed by atoms with Crippen LogP contribution in [-0.4, -0.2) is 24.5 Å². The van der Waals surface area contributed by atoms with E-state index in [1.807, 2.05) is 59.5 Å². The Bertz CT molecular complexity index is 1060. The normalized spacial score (nSPS) is 13.9. The molecule has 4 rings (SSSR count). The van der Waals surface area contributed by atoms with Crippen LogP contribution in [0.1, 0.15) is 71.2 Å². The molecule has 0 aromatic heterocycles. The van der Waals surface area contributed by atoms with Crippen molar-refractivity contribution in [1.82, 2.24) is 0 Å². The summed E-state index contributed by atoms with van der Waals surface area (Å²) in [6.07, 6.45) is 8.30. The summed E-state index contributed by atoms with van der Waals surface area (Å²) >= 11 is 0. The maximum atomic E-state index is 13.5. The van der Waals surface area contributed by atoms with Crippen molar-refractivity contribution in [3.05, 3.63) is 102 Å². The fourth-order valence-corrected chi connectivity index (χ4v) is 4.67. The molecular weight excluding hydrogens is 422 g/mol. The summed E-state index contributed by atoms with van der Waals surface area (Å²) in [5.41, 5.74) is 3.50. The topological polar surface area (TPSA) is 46.6 Å². The van der Waals surface area contributed by atoms with Crippen molar-refractivity contribution in [2.45, 2.75) is 57.4 Å². The summed E-state index contributed by atoms with van der Waals surface area (Å²) in [4.78, 5) is 27.6. The Morgan fingerprint density at radius 2 is 1.44 bits per heavy atom. The molecule has 0 N–H and O–H groups in total. The summed E-state index contributed by atoms with van der Waals surface area (Å²) in [5.74, 6) is -0.192. The van der Waals surface area contributed by atoms with Crippen LogP contribution in [0.2, 0.25) is 0 Å². The van der Waals surface area contributed by atoms with Crippen LogP contribution in [0.15, 0.2) is 84.9 Å². The van der Waals surface area contributed by atoms with Gasteiger partial charge in [-0.25, -0.2) is 4.79 Å². The van der Waals surface area contributed by atoms with Crippen molar-refractivity contribution in [2.24, 2.45) is 0 Å². The molecule has 1 fully saturated rings. The van der Waals surface area contributed by atoms with E-state index < -0.39 is 0 Å². The van der Waals surface area contributed by atoms with Gasteiger partial charge in [-0.05, 0) is 74.1 Å². The van der Waals surface area contributed by atoms with Gasteiger partial charge in [-0.3, -0.25) is 4.79 Å². The Morgan fingerprint density at radius 3 is 2.15 bits per heavy atom. The highest BCUT2D eigenvalue weighted by atomic mass is 16.5. The van der Waals surface area contributed by atoms with Crippen molar-refractivity contribution in [1.29, 1.82) is 0 Å². The van der Waals surface area contributed by atoms with E-state index in [-0.39, 0.29) is 17.9 Å². The van der Waals surface area contributed by atoms with Crippen LogP contribution in [0.4, 0.5) is 5.69 Å². The summed E-state index contributed by atoms with van der Waals surface area (Å²) in [6.45, 7) is 0.411. The quantitative estimate of drug-likeness (QED) is 0.262. The third kappa shape index (κ3) is 6.34. The van der Waals surface area contributed by atoms with E-state index in [1.54, 1.807) is 12.1 Å². The average Bonchev–Trinajstić information content (AvgIpc) is 2.90. The minimum atomic E-state index is -0.273. The highest BCUT2D eigenvalue weighted by Crippen LogP contribution is 2.30. The molecule has 1 aliphatic carbocycles. The average molecular weight is 456 g/mol. The van der Waals surface area contributed by atoms with E-state index in [2.05, 4.69) is 18.2 Å². The van der Waals surface area contributed by atoms with E-state index in [0.29, 0.717) is 12.2 Å². The number of aryl methyl sites for hydroxylation is 1. The highest BCUT2D eigenvalue weighted by molar-refractivity contribution is 6.06. The van der Waals surface area contributed by atoms with Gasteiger partial charge in [0.05, 0.1) is 12.2 Å². The number of amides is 1. The summed E-state index contributed by atoms with van der Waals surface area (Å²) < 4.78 is 5.40. The zero-order valence-corrected chi connectivity index (χ0v) is 19.7. The molecule has 0 aliphatic heterocycles. The van der Waals surface area contributed by atoms with E-state index >= 15 is 0 Å². The number of nitrogens with zero attached hydrogens (tertiary/aromatic N) is 1. The Hall–Kier alpha value is -3.40. The molecule has 0 heterocycles. The first-order chi connectivity index (χ1) is 16.7. The summed E-state index contributed by atoms with van der Waals surface area (Å²) in [7, 11) is 0. The fraction of sp³-hybridized carbons (Fsp3) is 0.333. The minimum Gasteiger partial charge on any atom is -0.462 e. The van der Waals surface area contributed by atoms with Crippen LogP contribution in [-0.2, 0) is 11.2 Å². The van der Waals surface area contributed by atoms with E-state index in [1.165, 1.54) is 24.8 Å². The molecule has 0 unspecified atom stereocenters. The number of carbonyl (C=O) groups excluding carboxylic acids is 2. The van der Waals surface area contributed by atoms with E-state index in [4.69, 9.17) is 4.74 Å². The Morgan fingerprint density at radius 1 is 0.765 bits per heavy atom. The van der Waals surface area contributed by atoms with Crippen LogP contribution in [0.25, 0.3) is 0 Å². The van der Waals surface area contributed by atoms with Crippen LogP contribution in [0, 0.1) is 0 Å². The molecule has 0 bridgehead atoms. The van der Waals surface area contributed by atoms with E-state index in [9.17, 15) is 9.59 Å². The number of anilines is 1. The van der Waals surface area contributed by atoms with Crippen LogP contribution in [0.5, 0.6) is 0 Å². The lowest BCUT2D eigenvalue weighted by Crippen LogP contribution is -2.41. The smallest absolute Gasteiger partial charge is 0.338 e. The van der Waals surface area contributed by atoms with Gasteiger partial charge in [0, 0.05) is 17.3 Å². The van der Waals surface area contributed by atoms with Gasteiger partial charge in [0.2, 0.25) is 0 Å². The zero-order chi connectivity index (χ0) is 23.6. The first-order valence-electron chi connectivity index (χ1n) is 12.4. The van der Waals surface area contributed by atoms with Gasteiger partial charge in [-0.1, -0.05) is 67.8 Å². The molecule has 0 saturated heterocycles. The molecule has 3 aromatic carbocycles. The van der Waals surface area contributed by atoms with Crippen molar-refractivity contribution in [2.75, 3.05) is 11.5 Å². The maximum Gasteiger partial charge on any atom is 0.338 e. The first-order valence-corrected chi connectivity index (χ1v) is 12.4. The number of benzene rings is 3. The van der Waals surface area contributed by atoms with Gasteiger partial charge in [0.1, 0.15) is 0 Å². The summed E-state index contributed by atoms with van der Waals surface area (Å²) in [5, 5.41) is 0. The highest BCUT2D eigenvalue weighted by Gasteiger charge is 2.27. The first kappa shape index (κ1) is 23.7. The maximum absolute atomic E-state index is 13.5. The van der Waals surface area contributed by atoms with Crippen molar-refractivity contribution in [3.63, 3.8) is 0 Å². The van der Waals surface area contributed by atoms with Crippen molar-refractivity contribution in [3.8, 4) is 0 Å². The lowest BCUT2D eigenvalue weighted by Gasteiger charge is -2.35. The Balaban J connectivity index is 1.37. The molecule has 4 nitrogen and oxygen atoms in total. The largest absolute Gasteiger partial charge is 0.462 e. The lowest BCUT2D eigenvalue weighted by molar-refractivity contribution is 0.0498. The van der Waals surface area contributed by atoms with Crippen molar-refractivity contribution < 1.29 is 14.3 Å². The number of unbranched alkanes of at least 4 members (excludes halogenated alkanes) is 1. The second-order valence-corrected chi connectivity index (χ2v) is 8.96. The minimum absolute atomic E-state index is 0.0810. The van der Waals surface area contributed by atoms with Gasteiger partial charge >= 0.3 is 5.97 Å². The van der Waals surface area contributed by atoms with Gasteiger partial charge in [0.15, 0.2) is 0 Å². The third-order valence-electron chi connectivity index (χ3n) is 6.47. The molecule has 3 aromatic rings. The lowest BCUT2D eigenvalue weighted by atomic mass is 9.93. The van der Waals surface area contributed by atoms with Crippen LogP contribution in [0.3, 0.4) is 0 Å². The predicted molar refractivity (Wildman–Crippen MR) is 136 cm³/mol. The number of rotatable bonds is 9. The van der Waals surface area contributed by atoms with E-state index in [0.717, 1.165) is 43.4 Å². The van der Waals surface area contributed by atoms with Crippen molar-refractivity contribution >= 4 is 17.6 Å². The molecular formula is C30H33NO3. The fourth-order valence-electron chi connectivity index (χ4n) is 4.67. The molecule has 34 heavy (non-hydrogen) atoms. The monoisotopic (exact) mass is 455 g/mol. The molecule has 0 radical (unpaired) electrons. The van der Waals surface area contributed by atoms with Crippen LogP contribution < -0.4 is 4.90 Å².